The number of fused-ring (bicyclic) bond motifs is 1. The van der Waals surface area contributed by atoms with Crippen LogP contribution in [0, 0.1) is 0 Å². The third kappa shape index (κ3) is 5.41. The number of rotatable bonds is 6. The van der Waals surface area contributed by atoms with Crippen LogP contribution in [0.25, 0.3) is 6.08 Å². The third-order valence-corrected chi connectivity index (χ3v) is 6.29. The predicted molar refractivity (Wildman–Crippen MR) is 131 cm³/mol. The van der Waals surface area contributed by atoms with Crippen LogP contribution in [0.15, 0.2) is 36.6 Å². The molecule has 0 spiro atoms. The topological polar surface area (TPSA) is 96.3 Å². The van der Waals surface area contributed by atoms with Crippen LogP contribution in [0.1, 0.15) is 66.4 Å². The van der Waals surface area contributed by atoms with E-state index in [1.165, 1.54) is 6.20 Å². The first-order chi connectivity index (χ1) is 16.4. The lowest BCUT2D eigenvalue weighted by Crippen LogP contribution is -2.35. The summed E-state index contributed by atoms with van der Waals surface area (Å²) in [6, 6.07) is 3.34. The molecule has 2 aromatic heterocycles. The fourth-order valence-corrected chi connectivity index (χ4v) is 4.62. The van der Waals surface area contributed by atoms with Crippen LogP contribution in [0.3, 0.4) is 0 Å². The lowest BCUT2D eigenvalue weighted by atomic mass is 9.96. The molecule has 2 atom stereocenters. The lowest BCUT2D eigenvalue weighted by Gasteiger charge is -2.29. The van der Waals surface area contributed by atoms with Gasteiger partial charge in [-0.25, -0.2) is 4.98 Å². The van der Waals surface area contributed by atoms with Gasteiger partial charge in [-0.15, -0.1) is 5.10 Å². The van der Waals surface area contributed by atoms with Crippen LogP contribution < -0.4 is 5.32 Å². The summed E-state index contributed by atoms with van der Waals surface area (Å²) in [5.41, 5.74) is 2.22. The fourth-order valence-electron chi connectivity index (χ4n) is 4.62. The number of nitrogens with one attached hydrogen (secondary N) is 1. The number of hydrogen-bond acceptors (Lipinski definition) is 6. The van der Waals surface area contributed by atoms with Crippen molar-refractivity contribution in [1.82, 2.24) is 29.5 Å². The fraction of sp³-hybridized carbons (Fsp3) is 0.480. The Kier molecular flexibility index (Phi) is 7.52. The second-order valence-corrected chi connectivity index (χ2v) is 9.28. The highest BCUT2D eigenvalue weighted by molar-refractivity contribution is 6.01. The first-order valence-electron chi connectivity index (χ1n) is 11.9. The number of carbonyl (C=O) groups excluding carboxylic acids is 2. The third-order valence-electron chi connectivity index (χ3n) is 6.29. The Morgan fingerprint density at radius 3 is 2.91 bits per heavy atom. The molecule has 1 aliphatic heterocycles. The summed E-state index contributed by atoms with van der Waals surface area (Å²) >= 11 is 0. The van der Waals surface area contributed by atoms with E-state index in [2.05, 4.69) is 33.1 Å². The van der Waals surface area contributed by atoms with E-state index in [9.17, 15) is 9.59 Å². The van der Waals surface area contributed by atoms with Gasteiger partial charge in [0.05, 0.1) is 17.4 Å². The van der Waals surface area contributed by atoms with Crippen molar-refractivity contribution in [2.24, 2.45) is 0 Å². The van der Waals surface area contributed by atoms with E-state index in [4.69, 9.17) is 4.98 Å². The van der Waals surface area contributed by atoms with Crippen LogP contribution in [0.5, 0.6) is 0 Å². The van der Waals surface area contributed by atoms with Gasteiger partial charge >= 0.3 is 0 Å². The minimum Gasteiger partial charge on any atom is -0.337 e. The van der Waals surface area contributed by atoms with Crippen molar-refractivity contribution in [2.75, 3.05) is 39.0 Å². The normalized spacial score (nSPS) is 20.4. The van der Waals surface area contributed by atoms with Gasteiger partial charge in [0.1, 0.15) is 0 Å². The van der Waals surface area contributed by atoms with Gasteiger partial charge < -0.3 is 14.4 Å². The molecule has 1 saturated heterocycles. The summed E-state index contributed by atoms with van der Waals surface area (Å²) in [6.45, 7) is 4.21. The monoisotopic (exact) mass is 463 g/mol. The predicted octanol–water partition coefficient (Wildman–Crippen LogP) is 3.12. The van der Waals surface area contributed by atoms with Crippen molar-refractivity contribution in [3.8, 4) is 0 Å². The molecule has 0 radical (unpaired) electrons. The van der Waals surface area contributed by atoms with Crippen LogP contribution in [0.4, 0.5) is 5.95 Å². The summed E-state index contributed by atoms with van der Waals surface area (Å²) in [4.78, 5) is 34.6. The van der Waals surface area contributed by atoms with E-state index in [1.54, 1.807) is 18.2 Å². The van der Waals surface area contributed by atoms with Gasteiger partial charge in [0, 0.05) is 37.8 Å². The van der Waals surface area contributed by atoms with Gasteiger partial charge in [0.15, 0.2) is 5.69 Å². The Morgan fingerprint density at radius 1 is 1.29 bits per heavy atom. The minimum absolute atomic E-state index is 0.0241. The van der Waals surface area contributed by atoms with Crippen molar-refractivity contribution < 1.29 is 9.59 Å². The molecule has 1 N–H and O–H groups in total. The molecule has 34 heavy (non-hydrogen) atoms. The minimum atomic E-state index is -0.346. The average Bonchev–Trinajstić information content (AvgIpc) is 3.01. The first kappa shape index (κ1) is 23.8. The smallest absolute Gasteiger partial charge is 0.278 e. The zero-order valence-electron chi connectivity index (χ0n) is 20.1. The molecule has 0 saturated carbocycles. The van der Waals surface area contributed by atoms with Gasteiger partial charge in [-0.3, -0.25) is 14.9 Å². The second kappa shape index (κ2) is 10.7. The van der Waals surface area contributed by atoms with Crippen LogP contribution in [-0.2, 0) is 4.79 Å². The summed E-state index contributed by atoms with van der Waals surface area (Å²) in [5, 5.41) is 10.7. The second-order valence-electron chi connectivity index (χ2n) is 9.28. The Bertz CT molecular complexity index is 1070. The SMILES string of the molecule is CC1CC=Cc2nc(NC(=O)c3cccnn3)n(C3CCCCN(C(=O)/C=C/CN(C)C)C3)c21. The Labute approximate surface area is 200 Å². The zero-order chi connectivity index (χ0) is 24.1. The number of likely N-dealkylation sites (N-methyl/N-ethyl adjacent to an activating group) is 1. The number of aromatic nitrogens is 4. The van der Waals surface area contributed by atoms with Gasteiger partial charge in [0.25, 0.3) is 5.91 Å². The van der Waals surface area contributed by atoms with Crippen molar-refractivity contribution in [2.45, 2.75) is 44.6 Å². The number of carbonyl (C=O) groups is 2. The largest absolute Gasteiger partial charge is 0.337 e. The molecule has 180 valence electrons. The highest BCUT2D eigenvalue weighted by Gasteiger charge is 2.31. The van der Waals surface area contributed by atoms with E-state index in [1.807, 2.05) is 36.0 Å². The number of anilines is 1. The quantitative estimate of drug-likeness (QED) is 0.662. The summed E-state index contributed by atoms with van der Waals surface area (Å²) in [6.07, 6.45) is 13.0. The molecular formula is C25H33N7O2. The molecule has 1 aliphatic carbocycles. The standard InChI is InChI=1S/C25H33N7O2/c1-18-9-6-11-20-23(18)32(25(27-20)28-24(34)21-12-7-14-26-29-21)19-10-4-5-16-31(17-19)22(33)13-8-15-30(2)3/h6-8,11-14,18-19H,4-5,9-10,15-17H2,1-3H3,(H,27,28,34)/b13-8+. The average molecular weight is 464 g/mol. The molecule has 2 unspecified atom stereocenters. The zero-order valence-corrected chi connectivity index (χ0v) is 20.1. The van der Waals surface area contributed by atoms with E-state index < -0.39 is 0 Å². The maximum atomic E-state index is 12.9. The number of allylic oxidation sites excluding steroid dienone is 1. The maximum Gasteiger partial charge on any atom is 0.278 e. The molecular weight excluding hydrogens is 430 g/mol. The van der Waals surface area contributed by atoms with E-state index in [0.29, 0.717) is 12.5 Å². The van der Waals surface area contributed by atoms with Crippen LogP contribution >= 0.6 is 0 Å². The molecule has 2 aromatic rings. The van der Waals surface area contributed by atoms with Crippen LogP contribution in [-0.4, -0.2) is 75.1 Å². The molecule has 0 aromatic carbocycles. The summed E-state index contributed by atoms with van der Waals surface area (Å²) in [5.74, 6) is 0.450. The molecule has 1 fully saturated rings. The van der Waals surface area contributed by atoms with Gasteiger partial charge in [0.2, 0.25) is 11.9 Å². The highest BCUT2D eigenvalue weighted by atomic mass is 16.2. The molecule has 4 rings (SSSR count). The maximum absolute atomic E-state index is 12.9. The summed E-state index contributed by atoms with van der Waals surface area (Å²) in [7, 11) is 3.96. The molecule has 2 aliphatic rings. The van der Waals surface area contributed by atoms with E-state index in [0.717, 1.165) is 50.2 Å². The molecule has 3 heterocycles. The highest BCUT2D eigenvalue weighted by Crippen LogP contribution is 2.36. The first-order valence-corrected chi connectivity index (χ1v) is 11.9. The van der Waals surface area contributed by atoms with Gasteiger partial charge in [-0.2, -0.15) is 5.10 Å². The number of nitrogens with zero attached hydrogens (tertiary/aromatic N) is 6. The van der Waals surface area contributed by atoms with Crippen molar-refractivity contribution >= 4 is 23.8 Å². The van der Waals surface area contributed by atoms with Gasteiger partial charge in [-0.05, 0) is 58.0 Å². The van der Waals surface area contributed by atoms with E-state index >= 15 is 0 Å². The van der Waals surface area contributed by atoms with Crippen molar-refractivity contribution in [3.05, 3.63) is 53.6 Å². The lowest BCUT2D eigenvalue weighted by molar-refractivity contribution is -0.126. The molecule has 2 amide bonds. The van der Waals surface area contributed by atoms with Gasteiger partial charge in [-0.1, -0.05) is 19.1 Å². The Morgan fingerprint density at radius 2 is 2.15 bits per heavy atom. The van der Waals surface area contributed by atoms with Crippen molar-refractivity contribution in [3.63, 3.8) is 0 Å². The van der Waals surface area contributed by atoms with Crippen LogP contribution in [0.2, 0.25) is 0 Å². The number of hydrogen-bond donors (Lipinski definition) is 1. The van der Waals surface area contributed by atoms with Crippen molar-refractivity contribution in [1.29, 1.82) is 0 Å². The molecule has 0 bridgehead atoms. The number of likely N-dealkylation sites (tertiary alicyclic amines) is 1. The molecule has 9 heteroatoms. The Hall–Kier alpha value is -3.33. The number of imidazole rings is 1. The van der Waals surface area contributed by atoms with E-state index in [-0.39, 0.29) is 29.5 Å². The number of amides is 2. The molecule has 9 nitrogen and oxygen atoms in total. The summed E-state index contributed by atoms with van der Waals surface area (Å²) < 4.78 is 2.16. The Balaban J connectivity index is 1.64.